The van der Waals surface area contributed by atoms with Gasteiger partial charge in [0.05, 0.1) is 10.4 Å². The number of nitrogens with one attached hydrogen (secondary N) is 1. The lowest BCUT2D eigenvalue weighted by Gasteiger charge is -2.38. The van der Waals surface area contributed by atoms with Crippen LogP contribution < -0.4 is 5.32 Å². The van der Waals surface area contributed by atoms with E-state index < -0.39 is 11.7 Å². The van der Waals surface area contributed by atoms with Crippen molar-refractivity contribution in [2.24, 2.45) is 5.92 Å². The Kier molecular flexibility index (Phi) is 6.79. The van der Waals surface area contributed by atoms with E-state index in [0.29, 0.717) is 38.3 Å². The Morgan fingerprint density at radius 1 is 1.38 bits per heavy atom. The molecule has 2 heterocycles. The van der Waals surface area contributed by atoms with Gasteiger partial charge in [0.15, 0.2) is 4.34 Å². The van der Waals surface area contributed by atoms with Crippen LogP contribution in [0.25, 0.3) is 0 Å². The lowest BCUT2D eigenvalue weighted by Crippen LogP contribution is -2.55. The summed E-state index contributed by atoms with van der Waals surface area (Å²) in [5, 5.41) is 11.1. The molecule has 0 spiro atoms. The second-order valence-corrected chi connectivity index (χ2v) is 10.5. The van der Waals surface area contributed by atoms with Gasteiger partial charge in [0.25, 0.3) is 0 Å². The average Bonchev–Trinajstić information content (AvgIpc) is 3.00. The van der Waals surface area contributed by atoms with Crippen molar-refractivity contribution in [2.75, 3.05) is 18.4 Å². The Hall–Kier alpha value is -1.72. The number of hydrogen-bond donors (Lipinski definition) is 1. The van der Waals surface area contributed by atoms with Gasteiger partial charge in [0.1, 0.15) is 11.4 Å². The molecular weight excluding hydrogens is 483 g/mol. The van der Waals surface area contributed by atoms with Crippen molar-refractivity contribution in [3.8, 4) is 0 Å². The van der Waals surface area contributed by atoms with Crippen molar-refractivity contribution in [3.63, 3.8) is 0 Å². The van der Waals surface area contributed by atoms with Crippen LogP contribution >= 0.6 is 39.0 Å². The molecule has 2 amide bonds. The lowest BCUT2D eigenvalue weighted by molar-refractivity contribution is -0.124. The molecule has 7 nitrogen and oxygen atoms in total. The standard InChI is InChI=1S/C18H20BrFN4O3S2/c1-18(2,3)27-17(26)24-7-11(8-24)14(25)21-15-22-23-16(29-15)28-9-10-5-4-6-12(19)13(10)20/h4-6,11H,7-9H2,1-3H3,(H,21,22,25). The number of halogens is 2. The van der Waals surface area contributed by atoms with Crippen molar-refractivity contribution in [2.45, 2.75) is 36.5 Å². The fourth-order valence-corrected chi connectivity index (χ4v) is 4.58. The van der Waals surface area contributed by atoms with Crippen LogP contribution in [-0.4, -0.2) is 45.8 Å². The van der Waals surface area contributed by atoms with Crippen LogP contribution in [0.1, 0.15) is 26.3 Å². The van der Waals surface area contributed by atoms with Gasteiger partial charge in [0.2, 0.25) is 11.0 Å². The van der Waals surface area contributed by atoms with Gasteiger partial charge in [0, 0.05) is 18.8 Å². The minimum Gasteiger partial charge on any atom is -0.444 e. The van der Waals surface area contributed by atoms with Crippen molar-refractivity contribution in [1.82, 2.24) is 15.1 Å². The molecule has 1 aliphatic heterocycles. The summed E-state index contributed by atoms with van der Waals surface area (Å²) in [5.41, 5.74) is -0.00839. The highest BCUT2D eigenvalue weighted by Gasteiger charge is 2.38. The zero-order valence-electron chi connectivity index (χ0n) is 16.1. The number of nitrogens with zero attached hydrogens (tertiary/aromatic N) is 3. The summed E-state index contributed by atoms with van der Waals surface area (Å²) in [7, 11) is 0. The van der Waals surface area contributed by atoms with Crippen LogP contribution in [0, 0.1) is 11.7 Å². The van der Waals surface area contributed by atoms with E-state index in [1.54, 1.807) is 39.0 Å². The molecule has 11 heteroatoms. The first-order valence-electron chi connectivity index (χ1n) is 8.80. The van der Waals surface area contributed by atoms with Gasteiger partial charge in [-0.25, -0.2) is 9.18 Å². The molecule has 3 rings (SSSR count). The number of rotatable bonds is 5. The summed E-state index contributed by atoms with van der Waals surface area (Å²) in [5.74, 6) is -0.409. The summed E-state index contributed by atoms with van der Waals surface area (Å²) in [6.45, 7) is 6.01. The minimum absolute atomic E-state index is 0.212. The average molecular weight is 503 g/mol. The van der Waals surface area contributed by atoms with E-state index in [-0.39, 0.29) is 17.6 Å². The van der Waals surface area contributed by atoms with E-state index in [4.69, 9.17) is 4.74 Å². The normalized spacial score (nSPS) is 14.4. The monoisotopic (exact) mass is 502 g/mol. The molecule has 0 saturated carbocycles. The third kappa shape index (κ3) is 5.89. The molecule has 2 aromatic rings. The summed E-state index contributed by atoms with van der Waals surface area (Å²) in [6.07, 6.45) is -0.420. The molecule has 0 bridgehead atoms. The van der Waals surface area contributed by atoms with E-state index in [1.807, 2.05) is 0 Å². The third-order valence-corrected chi connectivity index (χ3v) is 6.56. The van der Waals surface area contributed by atoms with E-state index >= 15 is 0 Å². The summed E-state index contributed by atoms with van der Waals surface area (Å²) in [6, 6.07) is 5.13. The minimum atomic E-state index is -0.566. The Balaban J connectivity index is 1.46. The summed E-state index contributed by atoms with van der Waals surface area (Å²) in [4.78, 5) is 25.7. The Bertz CT molecular complexity index is 913. The molecular formula is C18H20BrFN4O3S2. The van der Waals surface area contributed by atoms with Gasteiger partial charge < -0.3 is 15.0 Å². The largest absolute Gasteiger partial charge is 0.444 e. The molecule has 1 saturated heterocycles. The van der Waals surface area contributed by atoms with E-state index in [1.165, 1.54) is 28.0 Å². The second kappa shape index (κ2) is 8.97. The molecule has 0 atom stereocenters. The molecule has 1 aromatic heterocycles. The predicted octanol–water partition coefficient (Wildman–Crippen LogP) is 4.54. The van der Waals surface area contributed by atoms with Crippen LogP contribution in [-0.2, 0) is 15.3 Å². The SMILES string of the molecule is CC(C)(C)OC(=O)N1CC(C(=O)Nc2nnc(SCc3cccc(Br)c3F)s2)C1. The number of benzene rings is 1. The van der Waals surface area contributed by atoms with Gasteiger partial charge in [-0.15, -0.1) is 10.2 Å². The number of carbonyl (C=O) groups is 2. The molecule has 1 N–H and O–H groups in total. The molecule has 156 valence electrons. The quantitative estimate of drug-likeness (QED) is 0.477. The number of aromatic nitrogens is 2. The fraction of sp³-hybridized carbons (Fsp3) is 0.444. The van der Waals surface area contributed by atoms with Crippen LogP contribution in [0.15, 0.2) is 27.0 Å². The number of carbonyl (C=O) groups excluding carboxylic acids is 2. The highest BCUT2D eigenvalue weighted by Crippen LogP contribution is 2.31. The van der Waals surface area contributed by atoms with Gasteiger partial charge in [-0.1, -0.05) is 35.2 Å². The molecule has 29 heavy (non-hydrogen) atoms. The smallest absolute Gasteiger partial charge is 0.410 e. The van der Waals surface area contributed by atoms with Crippen molar-refractivity contribution >= 4 is 56.2 Å². The zero-order valence-corrected chi connectivity index (χ0v) is 19.3. The van der Waals surface area contributed by atoms with Gasteiger partial charge in [-0.2, -0.15) is 0 Å². The topological polar surface area (TPSA) is 84.4 Å². The van der Waals surface area contributed by atoms with Crippen molar-refractivity contribution in [1.29, 1.82) is 0 Å². The summed E-state index contributed by atoms with van der Waals surface area (Å²) >= 11 is 5.74. The molecule has 0 unspecified atom stereocenters. The lowest BCUT2D eigenvalue weighted by atomic mass is 10.0. The fourth-order valence-electron chi connectivity index (χ4n) is 2.45. The molecule has 0 aliphatic carbocycles. The van der Waals surface area contributed by atoms with Crippen molar-refractivity contribution < 1.29 is 18.7 Å². The van der Waals surface area contributed by atoms with Crippen LogP contribution in [0.2, 0.25) is 0 Å². The van der Waals surface area contributed by atoms with Crippen LogP contribution in [0.3, 0.4) is 0 Å². The Morgan fingerprint density at radius 3 is 2.79 bits per heavy atom. The number of anilines is 1. The molecule has 1 fully saturated rings. The number of ether oxygens (including phenoxy) is 1. The zero-order chi connectivity index (χ0) is 21.2. The summed E-state index contributed by atoms with van der Waals surface area (Å²) < 4.78 is 20.3. The number of hydrogen-bond acceptors (Lipinski definition) is 7. The van der Waals surface area contributed by atoms with Gasteiger partial charge >= 0.3 is 6.09 Å². The first-order chi connectivity index (χ1) is 13.6. The number of thioether (sulfide) groups is 1. The number of amides is 2. The van der Waals surface area contributed by atoms with Gasteiger partial charge in [-0.3, -0.25) is 4.79 Å². The maximum absolute atomic E-state index is 14.0. The molecule has 1 aliphatic rings. The highest BCUT2D eigenvalue weighted by atomic mass is 79.9. The van der Waals surface area contributed by atoms with Crippen molar-refractivity contribution in [3.05, 3.63) is 34.1 Å². The second-order valence-electron chi connectivity index (χ2n) is 7.45. The third-order valence-electron chi connectivity index (χ3n) is 3.92. The maximum atomic E-state index is 14.0. The number of likely N-dealkylation sites (tertiary alicyclic amines) is 1. The van der Waals surface area contributed by atoms with E-state index in [9.17, 15) is 14.0 Å². The van der Waals surface area contributed by atoms with Crippen LogP contribution in [0.5, 0.6) is 0 Å². The van der Waals surface area contributed by atoms with Crippen LogP contribution in [0.4, 0.5) is 14.3 Å². The first kappa shape index (κ1) is 22.0. The molecule has 1 aromatic carbocycles. The van der Waals surface area contributed by atoms with E-state index in [0.717, 1.165) is 0 Å². The highest BCUT2D eigenvalue weighted by molar-refractivity contribution is 9.10. The maximum Gasteiger partial charge on any atom is 0.410 e. The van der Waals surface area contributed by atoms with E-state index in [2.05, 4.69) is 31.4 Å². The Morgan fingerprint density at radius 2 is 2.10 bits per heavy atom. The molecule has 0 radical (unpaired) electrons. The Labute approximate surface area is 184 Å². The first-order valence-corrected chi connectivity index (χ1v) is 11.4. The van der Waals surface area contributed by atoms with Gasteiger partial charge in [-0.05, 0) is 48.3 Å². The predicted molar refractivity (Wildman–Crippen MR) is 113 cm³/mol.